The summed E-state index contributed by atoms with van der Waals surface area (Å²) in [5.41, 5.74) is 12.8. The van der Waals surface area contributed by atoms with E-state index in [0.717, 1.165) is 27.8 Å². The van der Waals surface area contributed by atoms with E-state index in [1.165, 1.54) is 0 Å². The molecule has 0 aliphatic heterocycles. The molecule has 1 atom stereocenters. The number of Topliss-reactive ketones (excluding diaryl/α,β-unsaturated/α-hetero) is 1. The van der Waals surface area contributed by atoms with Crippen molar-refractivity contribution >= 4 is 11.9 Å². The lowest BCUT2D eigenvalue weighted by Crippen LogP contribution is -2.50. The highest BCUT2D eigenvalue weighted by Gasteiger charge is 2.40. The number of fused-ring (bicyclic) bond motifs is 1. The summed E-state index contributed by atoms with van der Waals surface area (Å²) in [4.78, 5) is 19.5. The van der Waals surface area contributed by atoms with Crippen LogP contribution >= 0.6 is 0 Å². The lowest BCUT2D eigenvalue weighted by Gasteiger charge is -2.37. The quantitative estimate of drug-likeness (QED) is 0.275. The van der Waals surface area contributed by atoms with E-state index in [0.29, 0.717) is 6.42 Å². The van der Waals surface area contributed by atoms with Gasteiger partial charge in [0.05, 0.1) is 0 Å². The first kappa shape index (κ1) is 22.9. The summed E-state index contributed by atoms with van der Waals surface area (Å²) in [5.74, 6) is -0.176. The number of nitrogens with two attached hydrogens (primary N) is 1. The van der Waals surface area contributed by atoms with Crippen molar-refractivity contribution in [3.63, 3.8) is 0 Å². The van der Waals surface area contributed by atoms with E-state index in [4.69, 9.17) is 10.6 Å². The number of rotatable bonds is 8. The van der Waals surface area contributed by atoms with Gasteiger partial charge in [0, 0.05) is 0 Å². The van der Waals surface area contributed by atoms with Crippen molar-refractivity contribution in [2.75, 3.05) is 6.61 Å². The Morgan fingerprint density at radius 1 is 0.771 bits per heavy atom. The van der Waals surface area contributed by atoms with Gasteiger partial charge in [-0.2, -0.15) is 5.48 Å². The van der Waals surface area contributed by atoms with Gasteiger partial charge >= 0.3 is 0 Å². The maximum absolute atomic E-state index is 13.5. The molecule has 174 valence electrons. The summed E-state index contributed by atoms with van der Waals surface area (Å²) < 4.78 is 0. The maximum Gasteiger partial charge on any atom is 0.185 e. The number of benzene rings is 4. The molecule has 0 spiro atoms. The number of hydrogen-bond donors (Lipinski definition) is 2. The van der Waals surface area contributed by atoms with Crippen molar-refractivity contribution in [3.05, 3.63) is 149 Å². The highest BCUT2D eigenvalue weighted by molar-refractivity contribution is 5.92. The molecular formula is C31H28N2O2. The number of nitrogens with one attached hydrogen (secondary N) is 1. The fourth-order valence-corrected chi connectivity index (χ4v) is 4.87. The van der Waals surface area contributed by atoms with Gasteiger partial charge in [-0.15, -0.1) is 0 Å². The molecule has 1 aliphatic rings. The van der Waals surface area contributed by atoms with Crippen LogP contribution in [0.1, 0.15) is 34.2 Å². The third-order valence-corrected chi connectivity index (χ3v) is 6.73. The largest absolute Gasteiger partial charge is 0.315 e. The van der Waals surface area contributed by atoms with Gasteiger partial charge in [-0.05, 0) is 34.2 Å². The summed E-state index contributed by atoms with van der Waals surface area (Å²) >= 11 is 0. The van der Waals surface area contributed by atoms with Crippen molar-refractivity contribution in [1.29, 1.82) is 0 Å². The van der Waals surface area contributed by atoms with E-state index >= 15 is 0 Å². The van der Waals surface area contributed by atoms with Crippen LogP contribution in [0.4, 0.5) is 0 Å². The maximum atomic E-state index is 13.5. The molecule has 0 fully saturated rings. The summed E-state index contributed by atoms with van der Waals surface area (Å²) in [7, 11) is 0. The minimum atomic E-state index is -1.12. The lowest BCUT2D eigenvalue weighted by molar-refractivity contribution is -0.133. The molecule has 0 bridgehead atoms. The zero-order valence-electron chi connectivity index (χ0n) is 19.4. The standard InChI is InChI=1S/C31H28N2O2/c32-30(22-12-14-24-13-10-11-21-28(24)30)29(34)23-35-33-31(25-15-4-1-5-16-25,26-17-6-2-7-18-26)27-19-8-3-9-20-27/h1-21,33H,22-23,32H2. The Morgan fingerprint density at radius 2 is 1.26 bits per heavy atom. The summed E-state index contributed by atoms with van der Waals surface area (Å²) in [5, 5.41) is 0. The molecule has 0 saturated heterocycles. The molecule has 1 aliphatic carbocycles. The van der Waals surface area contributed by atoms with Crippen LogP contribution in [0, 0.1) is 0 Å². The number of carbonyl (C=O) groups excluding carboxylic acids is 1. The molecule has 4 aromatic rings. The second-order valence-corrected chi connectivity index (χ2v) is 8.83. The predicted octanol–water partition coefficient (Wildman–Crippen LogP) is 5.34. The molecule has 4 aromatic carbocycles. The first-order chi connectivity index (χ1) is 17.1. The first-order valence-corrected chi connectivity index (χ1v) is 11.8. The summed E-state index contributed by atoms with van der Waals surface area (Å²) in [6.07, 6.45) is 4.40. The highest BCUT2D eigenvalue weighted by atomic mass is 16.6. The van der Waals surface area contributed by atoms with Gasteiger partial charge in [-0.1, -0.05) is 127 Å². The Morgan fingerprint density at radius 3 is 1.80 bits per heavy atom. The number of hydrogen-bond acceptors (Lipinski definition) is 4. The van der Waals surface area contributed by atoms with Crippen LogP contribution in [0.5, 0.6) is 0 Å². The zero-order chi connectivity index (χ0) is 24.1. The molecular weight excluding hydrogens is 432 g/mol. The Labute approximate surface area is 206 Å². The Hall–Kier alpha value is -3.83. The topological polar surface area (TPSA) is 64.4 Å². The van der Waals surface area contributed by atoms with Gasteiger partial charge in [0.15, 0.2) is 5.78 Å². The van der Waals surface area contributed by atoms with Crippen molar-refractivity contribution in [3.8, 4) is 0 Å². The summed E-state index contributed by atoms with van der Waals surface area (Å²) in [6, 6.07) is 38.1. The lowest BCUT2D eigenvalue weighted by atomic mass is 9.77. The highest BCUT2D eigenvalue weighted by Crippen LogP contribution is 2.37. The molecule has 4 nitrogen and oxygen atoms in total. The molecule has 3 N–H and O–H groups in total. The first-order valence-electron chi connectivity index (χ1n) is 11.8. The van der Waals surface area contributed by atoms with Crippen LogP contribution in [-0.2, 0) is 20.7 Å². The van der Waals surface area contributed by atoms with Crippen molar-refractivity contribution in [2.45, 2.75) is 17.5 Å². The third kappa shape index (κ3) is 4.24. The van der Waals surface area contributed by atoms with Gasteiger partial charge < -0.3 is 5.73 Å². The van der Waals surface area contributed by atoms with E-state index in [9.17, 15) is 4.79 Å². The average Bonchev–Trinajstić information content (AvgIpc) is 2.93. The fourth-order valence-electron chi connectivity index (χ4n) is 4.87. The van der Waals surface area contributed by atoms with Gasteiger partial charge in [0.2, 0.25) is 0 Å². The normalized spacial score (nSPS) is 17.1. The number of hydroxylamine groups is 1. The number of carbonyl (C=O) groups is 1. The van der Waals surface area contributed by atoms with Crippen molar-refractivity contribution in [2.24, 2.45) is 5.73 Å². The molecule has 4 heteroatoms. The monoisotopic (exact) mass is 460 g/mol. The molecule has 1 unspecified atom stereocenters. The summed E-state index contributed by atoms with van der Waals surface area (Å²) in [6.45, 7) is -0.174. The Bertz CT molecular complexity index is 1220. The third-order valence-electron chi connectivity index (χ3n) is 6.73. The van der Waals surface area contributed by atoms with Gasteiger partial charge in [0.25, 0.3) is 0 Å². The van der Waals surface area contributed by atoms with Crippen molar-refractivity contribution < 1.29 is 9.63 Å². The van der Waals surface area contributed by atoms with Crippen LogP contribution in [0.3, 0.4) is 0 Å². The average molecular weight is 461 g/mol. The van der Waals surface area contributed by atoms with Crippen LogP contribution in [0.25, 0.3) is 6.08 Å². The zero-order valence-corrected chi connectivity index (χ0v) is 19.4. The van der Waals surface area contributed by atoms with E-state index in [2.05, 4.69) is 41.9 Å². The second kappa shape index (κ2) is 9.80. The number of ketones is 1. The van der Waals surface area contributed by atoms with Gasteiger partial charge in [-0.3, -0.25) is 9.63 Å². The van der Waals surface area contributed by atoms with Gasteiger partial charge in [-0.25, -0.2) is 0 Å². The minimum Gasteiger partial charge on any atom is -0.315 e. The fraction of sp³-hybridized carbons (Fsp3) is 0.129. The molecule has 0 aromatic heterocycles. The van der Waals surface area contributed by atoms with Crippen LogP contribution in [0.2, 0.25) is 0 Å². The van der Waals surface area contributed by atoms with Crippen LogP contribution in [0.15, 0.2) is 121 Å². The molecule has 0 saturated carbocycles. The van der Waals surface area contributed by atoms with Gasteiger partial charge in [0.1, 0.15) is 17.7 Å². The molecule has 35 heavy (non-hydrogen) atoms. The Balaban J connectivity index is 1.49. The molecule has 0 heterocycles. The molecule has 0 radical (unpaired) electrons. The van der Waals surface area contributed by atoms with E-state index < -0.39 is 11.1 Å². The van der Waals surface area contributed by atoms with Crippen molar-refractivity contribution in [1.82, 2.24) is 5.48 Å². The molecule has 0 amide bonds. The van der Waals surface area contributed by atoms with E-state index in [-0.39, 0.29) is 12.4 Å². The smallest absolute Gasteiger partial charge is 0.185 e. The van der Waals surface area contributed by atoms with E-state index in [1.807, 2.05) is 91.0 Å². The van der Waals surface area contributed by atoms with Crippen LogP contribution < -0.4 is 11.2 Å². The molecule has 5 rings (SSSR count). The van der Waals surface area contributed by atoms with Crippen LogP contribution in [-0.4, -0.2) is 12.4 Å². The Kier molecular flexibility index (Phi) is 6.43. The predicted molar refractivity (Wildman–Crippen MR) is 139 cm³/mol. The SMILES string of the molecule is NC1(C(=O)CONC(c2ccccc2)(c2ccccc2)c2ccccc2)CC=Cc2ccccc21. The second-order valence-electron chi connectivity index (χ2n) is 8.83. The minimum absolute atomic E-state index is 0.174. The van der Waals surface area contributed by atoms with E-state index in [1.54, 1.807) is 0 Å².